The van der Waals surface area contributed by atoms with Crippen LogP contribution in [0.5, 0.6) is 0 Å². The largest absolute Gasteiger partial charge is 0.305 e. The summed E-state index contributed by atoms with van der Waals surface area (Å²) in [7, 11) is 0. The van der Waals surface area contributed by atoms with E-state index in [1.54, 1.807) is 0 Å². The number of rotatable bonds is 4. The molecule has 2 nitrogen and oxygen atoms in total. The molecule has 4 unspecified atom stereocenters. The lowest BCUT2D eigenvalue weighted by molar-refractivity contribution is 0.0559. The maximum Gasteiger partial charge on any atom is 0.0535 e. The van der Waals surface area contributed by atoms with Crippen LogP contribution in [0, 0.1) is 17.8 Å². The molecule has 1 aromatic carbocycles. The molecule has 1 saturated carbocycles. The molecule has 2 heteroatoms. The van der Waals surface area contributed by atoms with E-state index < -0.39 is 0 Å². The van der Waals surface area contributed by atoms with Gasteiger partial charge in [0.15, 0.2) is 0 Å². The van der Waals surface area contributed by atoms with Crippen LogP contribution >= 0.6 is 0 Å². The summed E-state index contributed by atoms with van der Waals surface area (Å²) >= 11 is 0. The predicted octanol–water partition coefficient (Wildman–Crippen LogP) is 3.49. The normalized spacial score (nSPS) is 36.9. The van der Waals surface area contributed by atoms with Crippen molar-refractivity contribution in [3.8, 4) is 0 Å². The zero-order valence-corrected chi connectivity index (χ0v) is 14.0. The van der Waals surface area contributed by atoms with Crippen molar-refractivity contribution in [3.63, 3.8) is 0 Å². The fourth-order valence-corrected chi connectivity index (χ4v) is 3.85. The summed E-state index contributed by atoms with van der Waals surface area (Å²) in [5.41, 5.74) is 1.51. The molecular formula is C19H30N2. The topological polar surface area (TPSA) is 15.3 Å². The van der Waals surface area contributed by atoms with Crippen molar-refractivity contribution in [3.05, 3.63) is 35.9 Å². The van der Waals surface area contributed by atoms with Crippen molar-refractivity contribution >= 4 is 0 Å². The van der Waals surface area contributed by atoms with E-state index >= 15 is 0 Å². The van der Waals surface area contributed by atoms with Crippen LogP contribution in [0.3, 0.4) is 0 Å². The maximum atomic E-state index is 3.84. The minimum atomic E-state index is 0.0881. The third-order valence-corrected chi connectivity index (χ3v) is 5.62. The minimum absolute atomic E-state index is 0.0881. The molecular weight excluding hydrogens is 256 g/mol. The number of nitrogens with one attached hydrogen (secondary N) is 1. The van der Waals surface area contributed by atoms with E-state index in [0.29, 0.717) is 12.0 Å². The molecule has 1 heterocycles. The molecule has 21 heavy (non-hydrogen) atoms. The molecule has 0 bridgehead atoms. The van der Waals surface area contributed by atoms with Gasteiger partial charge in [0, 0.05) is 25.7 Å². The van der Waals surface area contributed by atoms with Crippen LogP contribution in [0.15, 0.2) is 30.3 Å². The lowest BCUT2D eigenvalue weighted by Gasteiger charge is -2.48. The lowest BCUT2D eigenvalue weighted by Crippen LogP contribution is -2.62. The number of piperazine rings is 1. The van der Waals surface area contributed by atoms with Gasteiger partial charge in [-0.3, -0.25) is 4.90 Å². The van der Waals surface area contributed by atoms with Crippen LogP contribution in [0.25, 0.3) is 0 Å². The Morgan fingerprint density at radius 2 is 1.95 bits per heavy atom. The summed E-state index contributed by atoms with van der Waals surface area (Å²) in [5.74, 6) is 2.59. The summed E-state index contributed by atoms with van der Waals surface area (Å²) in [4.78, 5) is 2.77. The molecule has 0 spiro atoms. The first-order valence-corrected chi connectivity index (χ1v) is 8.54. The molecule has 1 aliphatic carbocycles. The lowest BCUT2D eigenvalue weighted by atomic mass is 9.86. The maximum absolute atomic E-state index is 3.84. The Kier molecular flexibility index (Phi) is 4.11. The third kappa shape index (κ3) is 3.17. The van der Waals surface area contributed by atoms with Crippen molar-refractivity contribution in [2.24, 2.45) is 17.8 Å². The zero-order chi connectivity index (χ0) is 15.0. The molecule has 116 valence electrons. The van der Waals surface area contributed by atoms with Crippen molar-refractivity contribution in [1.29, 1.82) is 0 Å². The first-order chi connectivity index (χ1) is 9.99. The average Bonchev–Trinajstić information content (AvgIpc) is 3.15. The minimum Gasteiger partial charge on any atom is -0.305 e. The Hall–Kier alpha value is -0.860. The van der Waals surface area contributed by atoms with E-state index in [1.807, 2.05) is 0 Å². The Labute approximate surface area is 129 Å². The van der Waals surface area contributed by atoms with E-state index in [1.165, 1.54) is 18.5 Å². The molecule has 0 radical (unpaired) electrons. The molecule has 0 amide bonds. The molecule has 1 aliphatic heterocycles. The Bertz CT molecular complexity index is 470. The molecule has 1 N–H and O–H groups in total. The van der Waals surface area contributed by atoms with Crippen molar-refractivity contribution in [2.45, 2.75) is 45.7 Å². The smallest absolute Gasteiger partial charge is 0.0535 e. The fraction of sp³-hybridized carbons (Fsp3) is 0.684. The molecule has 2 aliphatic rings. The SMILES string of the molecule is CC(C)C1CNC(C)(c2ccccc2)CN1CC1CC1C. The van der Waals surface area contributed by atoms with Gasteiger partial charge in [0.05, 0.1) is 5.54 Å². The summed E-state index contributed by atoms with van der Waals surface area (Å²) in [6, 6.07) is 11.6. The average molecular weight is 286 g/mol. The van der Waals surface area contributed by atoms with Gasteiger partial charge in [-0.1, -0.05) is 51.1 Å². The van der Waals surface area contributed by atoms with E-state index in [9.17, 15) is 0 Å². The fourth-order valence-electron chi connectivity index (χ4n) is 3.85. The number of nitrogens with zero attached hydrogens (tertiary/aromatic N) is 1. The van der Waals surface area contributed by atoms with Gasteiger partial charge >= 0.3 is 0 Å². The molecule has 4 atom stereocenters. The van der Waals surface area contributed by atoms with Crippen LogP contribution in [-0.4, -0.2) is 30.6 Å². The number of hydrogen-bond donors (Lipinski definition) is 1. The van der Waals surface area contributed by atoms with Crippen molar-refractivity contribution in [1.82, 2.24) is 10.2 Å². The van der Waals surface area contributed by atoms with Gasteiger partial charge in [-0.2, -0.15) is 0 Å². The Morgan fingerprint density at radius 3 is 2.52 bits per heavy atom. The van der Waals surface area contributed by atoms with Gasteiger partial charge in [0.25, 0.3) is 0 Å². The van der Waals surface area contributed by atoms with E-state index in [2.05, 4.69) is 68.2 Å². The number of benzene rings is 1. The van der Waals surface area contributed by atoms with Crippen molar-refractivity contribution < 1.29 is 0 Å². The highest BCUT2D eigenvalue weighted by Gasteiger charge is 2.42. The van der Waals surface area contributed by atoms with Gasteiger partial charge in [0.2, 0.25) is 0 Å². The zero-order valence-electron chi connectivity index (χ0n) is 14.0. The second-order valence-electron chi connectivity index (χ2n) is 7.79. The van der Waals surface area contributed by atoms with Gasteiger partial charge in [-0.15, -0.1) is 0 Å². The monoisotopic (exact) mass is 286 g/mol. The van der Waals surface area contributed by atoms with Gasteiger partial charge in [0.1, 0.15) is 0 Å². The summed E-state index contributed by atoms with van der Waals surface area (Å²) < 4.78 is 0. The summed E-state index contributed by atoms with van der Waals surface area (Å²) in [5, 5.41) is 3.84. The van der Waals surface area contributed by atoms with Crippen LogP contribution in [-0.2, 0) is 5.54 Å². The molecule has 1 saturated heterocycles. The van der Waals surface area contributed by atoms with Crippen LogP contribution in [0.2, 0.25) is 0 Å². The van der Waals surface area contributed by atoms with Gasteiger partial charge < -0.3 is 5.32 Å². The first-order valence-electron chi connectivity index (χ1n) is 8.54. The first kappa shape index (κ1) is 15.1. The van der Waals surface area contributed by atoms with Crippen molar-refractivity contribution in [2.75, 3.05) is 19.6 Å². The molecule has 1 aromatic rings. The Balaban J connectivity index is 1.77. The van der Waals surface area contributed by atoms with Gasteiger partial charge in [-0.05, 0) is 36.7 Å². The van der Waals surface area contributed by atoms with Crippen LogP contribution in [0.4, 0.5) is 0 Å². The van der Waals surface area contributed by atoms with Crippen LogP contribution < -0.4 is 5.32 Å². The molecule has 0 aromatic heterocycles. The van der Waals surface area contributed by atoms with Crippen LogP contribution in [0.1, 0.15) is 39.7 Å². The second kappa shape index (κ2) is 5.73. The quantitative estimate of drug-likeness (QED) is 0.911. The van der Waals surface area contributed by atoms with E-state index in [0.717, 1.165) is 24.9 Å². The Morgan fingerprint density at radius 1 is 1.29 bits per heavy atom. The predicted molar refractivity (Wildman–Crippen MR) is 89.3 cm³/mol. The second-order valence-corrected chi connectivity index (χ2v) is 7.79. The highest BCUT2D eigenvalue weighted by atomic mass is 15.3. The van der Waals surface area contributed by atoms with E-state index in [4.69, 9.17) is 0 Å². The number of hydrogen-bond acceptors (Lipinski definition) is 2. The van der Waals surface area contributed by atoms with E-state index in [-0.39, 0.29) is 5.54 Å². The highest BCUT2D eigenvalue weighted by molar-refractivity contribution is 5.25. The molecule has 2 fully saturated rings. The molecule has 3 rings (SSSR count). The standard InChI is InChI=1S/C19H30N2/c1-14(2)18-11-20-19(4,17-8-6-5-7-9-17)13-21(18)12-16-10-15(16)3/h5-9,14-16,18,20H,10-13H2,1-4H3. The summed E-state index contributed by atoms with van der Waals surface area (Å²) in [6.45, 7) is 13.0. The van der Waals surface area contributed by atoms with Gasteiger partial charge in [-0.25, -0.2) is 0 Å². The summed E-state index contributed by atoms with van der Waals surface area (Å²) in [6.07, 6.45) is 1.43. The third-order valence-electron chi connectivity index (χ3n) is 5.62. The highest BCUT2D eigenvalue weighted by Crippen LogP contribution is 2.40.